The smallest absolute Gasteiger partial charge is 0.223 e. The molecule has 15 heavy (non-hydrogen) atoms. The Bertz CT molecular complexity index is 458. The van der Waals surface area contributed by atoms with Crippen molar-refractivity contribution in [1.82, 2.24) is 9.97 Å². The van der Waals surface area contributed by atoms with Gasteiger partial charge in [-0.1, -0.05) is 18.2 Å². The van der Waals surface area contributed by atoms with E-state index in [1.165, 1.54) is 0 Å². The highest BCUT2D eigenvalue weighted by atomic mass is 35.5. The fourth-order valence-corrected chi connectivity index (χ4v) is 1.38. The molecule has 0 aliphatic carbocycles. The first kappa shape index (κ1) is 10.2. The number of aromatic nitrogens is 2. The van der Waals surface area contributed by atoms with E-state index in [0.29, 0.717) is 11.8 Å². The van der Waals surface area contributed by atoms with Crippen molar-refractivity contribution in [2.75, 3.05) is 11.2 Å². The minimum absolute atomic E-state index is 0.174. The largest absolute Gasteiger partial charge is 0.351 e. The lowest BCUT2D eigenvalue weighted by Crippen LogP contribution is -2.18. The van der Waals surface area contributed by atoms with Crippen molar-refractivity contribution in [2.45, 2.75) is 13.0 Å². The van der Waals surface area contributed by atoms with Crippen molar-refractivity contribution in [1.29, 1.82) is 0 Å². The zero-order valence-corrected chi connectivity index (χ0v) is 9.20. The fraction of sp³-hybridized carbons (Fsp3) is 0.273. The molecule has 0 saturated heterocycles. The molecular weight excluding hydrogens is 210 g/mol. The van der Waals surface area contributed by atoms with Crippen LogP contribution in [0.2, 0.25) is 0 Å². The van der Waals surface area contributed by atoms with E-state index in [0.717, 1.165) is 10.9 Å². The number of fused-ring (bicyclic) bond motifs is 1. The Morgan fingerprint density at radius 1 is 1.40 bits per heavy atom. The van der Waals surface area contributed by atoms with Gasteiger partial charge < -0.3 is 5.32 Å². The molecule has 0 radical (unpaired) electrons. The normalized spacial score (nSPS) is 12.7. The molecule has 0 fully saturated rings. The lowest BCUT2D eigenvalue weighted by molar-refractivity contribution is 0.885. The molecule has 0 spiro atoms. The van der Waals surface area contributed by atoms with Crippen molar-refractivity contribution in [3.05, 3.63) is 30.5 Å². The van der Waals surface area contributed by atoms with Crippen LogP contribution in [0, 0.1) is 0 Å². The minimum atomic E-state index is 0.174. The standard InChI is InChI=1S/C11H12ClN3/c1-8(6-12)14-11-13-7-9-4-2-3-5-10(9)15-11/h2-5,7-8H,6H2,1H3,(H,13,14,15). The minimum Gasteiger partial charge on any atom is -0.351 e. The number of nitrogens with zero attached hydrogens (tertiary/aromatic N) is 2. The van der Waals surface area contributed by atoms with Crippen LogP contribution in [0.5, 0.6) is 0 Å². The molecule has 78 valence electrons. The van der Waals surface area contributed by atoms with E-state index in [-0.39, 0.29) is 6.04 Å². The number of alkyl halides is 1. The Kier molecular flexibility index (Phi) is 3.02. The summed E-state index contributed by atoms with van der Waals surface area (Å²) >= 11 is 5.70. The summed E-state index contributed by atoms with van der Waals surface area (Å²) in [6.45, 7) is 1.99. The number of para-hydroxylation sites is 1. The lowest BCUT2D eigenvalue weighted by atomic mass is 10.2. The average Bonchev–Trinajstić information content (AvgIpc) is 2.29. The van der Waals surface area contributed by atoms with Crippen molar-refractivity contribution in [3.63, 3.8) is 0 Å². The van der Waals surface area contributed by atoms with Crippen molar-refractivity contribution in [3.8, 4) is 0 Å². The quantitative estimate of drug-likeness (QED) is 0.810. The van der Waals surface area contributed by atoms with E-state index in [1.807, 2.05) is 37.4 Å². The third-order valence-electron chi connectivity index (χ3n) is 2.10. The molecule has 2 aromatic rings. The zero-order chi connectivity index (χ0) is 10.7. The SMILES string of the molecule is CC(CCl)Nc1ncc2ccccc2n1. The van der Waals surface area contributed by atoms with Crippen LogP contribution in [-0.4, -0.2) is 21.9 Å². The summed E-state index contributed by atoms with van der Waals surface area (Å²) in [6.07, 6.45) is 1.81. The van der Waals surface area contributed by atoms with Gasteiger partial charge in [-0.3, -0.25) is 0 Å². The van der Waals surface area contributed by atoms with E-state index < -0.39 is 0 Å². The van der Waals surface area contributed by atoms with E-state index in [1.54, 1.807) is 0 Å². The predicted octanol–water partition coefficient (Wildman–Crippen LogP) is 2.67. The molecule has 1 aromatic carbocycles. The second-order valence-corrected chi connectivity index (χ2v) is 3.76. The monoisotopic (exact) mass is 221 g/mol. The van der Waals surface area contributed by atoms with Gasteiger partial charge in [0.25, 0.3) is 0 Å². The maximum Gasteiger partial charge on any atom is 0.223 e. The molecule has 0 bridgehead atoms. The molecule has 1 N–H and O–H groups in total. The van der Waals surface area contributed by atoms with Crippen LogP contribution >= 0.6 is 11.6 Å². The highest BCUT2D eigenvalue weighted by molar-refractivity contribution is 6.18. The number of halogens is 1. The first-order chi connectivity index (χ1) is 7.29. The fourth-order valence-electron chi connectivity index (χ4n) is 1.30. The third kappa shape index (κ3) is 2.36. The molecule has 0 aliphatic heterocycles. The molecule has 0 aliphatic rings. The Morgan fingerprint density at radius 2 is 2.20 bits per heavy atom. The molecule has 0 amide bonds. The maximum atomic E-state index is 5.70. The Morgan fingerprint density at radius 3 is 3.00 bits per heavy atom. The van der Waals surface area contributed by atoms with E-state index in [9.17, 15) is 0 Å². The zero-order valence-electron chi connectivity index (χ0n) is 8.44. The van der Waals surface area contributed by atoms with Crippen LogP contribution in [-0.2, 0) is 0 Å². The average molecular weight is 222 g/mol. The van der Waals surface area contributed by atoms with Crippen LogP contribution in [0.25, 0.3) is 10.9 Å². The van der Waals surface area contributed by atoms with Gasteiger partial charge in [0.05, 0.1) is 5.52 Å². The summed E-state index contributed by atoms with van der Waals surface area (Å²) in [4.78, 5) is 8.60. The van der Waals surface area contributed by atoms with Crippen molar-refractivity contribution in [2.24, 2.45) is 0 Å². The number of nitrogens with one attached hydrogen (secondary N) is 1. The van der Waals surface area contributed by atoms with E-state index in [4.69, 9.17) is 11.6 Å². The number of hydrogen-bond acceptors (Lipinski definition) is 3. The number of anilines is 1. The summed E-state index contributed by atoms with van der Waals surface area (Å²) in [6, 6.07) is 8.06. The van der Waals surface area contributed by atoms with Gasteiger partial charge in [0.1, 0.15) is 0 Å². The molecule has 3 nitrogen and oxygen atoms in total. The maximum absolute atomic E-state index is 5.70. The van der Waals surface area contributed by atoms with Crippen LogP contribution in [0.3, 0.4) is 0 Å². The predicted molar refractivity (Wildman–Crippen MR) is 63.3 cm³/mol. The Hall–Kier alpha value is -1.35. The van der Waals surface area contributed by atoms with Gasteiger partial charge in [-0.2, -0.15) is 0 Å². The molecule has 4 heteroatoms. The molecule has 2 rings (SSSR count). The van der Waals surface area contributed by atoms with Crippen molar-refractivity contribution < 1.29 is 0 Å². The Labute approximate surface area is 93.5 Å². The van der Waals surface area contributed by atoms with Crippen molar-refractivity contribution >= 4 is 28.5 Å². The second kappa shape index (κ2) is 4.45. The van der Waals surface area contributed by atoms with Gasteiger partial charge in [-0.25, -0.2) is 9.97 Å². The Balaban J connectivity index is 2.30. The molecule has 1 atom stereocenters. The number of benzene rings is 1. The van der Waals surface area contributed by atoms with Gasteiger partial charge in [-0.15, -0.1) is 11.6 Å². The van der Waals surface area contributed by atoms with E-state index >= 15 is 0 Å². The molecule has 1 unspecified atom stereocenters. The molecule has 0 saturated carbocycles. The molecule has 1 aromatic heterocycles. The summed E-state index contributed by atoms with van der Waals surface area (Å²) < 4.78 is 0. The van der Waals surface area contributed by atoms with Crippen LogP contribution in [0.15, 0.2) is 30.5 Å². The highest BCUT2D eigenvalue weighted by Crippen LogP contribution is 2.12. The summed E-state index contributed by atoms with van der Waals surface area (Å²) in [5, 5.41) is 4.17. The first-order valence-electron chi connectivity index (χ1n) is 4.84. The summed E-state index contributed by atoms with van der Waals surface area (Å²) in [5.74, 6) is 1.16. The highest BCUT2D eigenvalue weighted by Gasteiger charge is 2.02. The van der Waals surface area contributed by atoms with Gasteiger partial charge in [0.15, 0.2) is 0 Å². The van der Waals surface area contributed by atoms with E-state index in [2.05, 4.69) is 15.3 Å². The number of hydrogen-bond donors (Lipinski definition) is 1. The van der Waals surface area contributed by atoms with Crippen LogP contribution in [0.1, 0.15) is 6.92 Å². The molecule has 1 heterocycles. The topological polar surface area (TPSA) is 37.8 Å². The van der Waals surface area contributed by atoms with Gasteiger partial charge in [0, 0.05) is 23.5 Å². The molecular formula is C11H12ClN3. The van der Waals surface area contributed by atoms with Crippen LogP contribution in [0.4, 0.5) is 5.95 Å². The second-order valence-electron chi connectivity index (χ2n) is 3.45. The van der Waals surface area contributed by atoms with Gasteiger partial charge >= 0.3 is 0 Å². The summed E-state index contributed by atoms with van der Waals surface area (Å²) in [7, 11) is 0. The van der Waals surface area contributed by atoms with Crippen LogP contribution < -0.4 is 5.32 Å². The lowest BCUT2D eigenvalue weighted by Gasteiger charge is -2.10. The first-order valence-corrected chi connectivity index (χ1v) is 5.37. The van der Waals surface area contributed by atoms with Gasteiger partial charge in [0.2, 0.25) is 5.95 Å². The number of rotatable bonds is 3. The van der Waals surface area contributed by atoms with Gasteiger partial charge in [-0.05, 0) is 13.0 Å². The third-order valence-corrected chi connectivity index (χ3v) is 2.56. The summed E-state index contributed by atoms with van der Waals surface area (Å²) in [5.41, 5.74) is 0.941.